The van der Waals surface area contributed by atoms with Crippen molar-refractivity contribution in [1.82, 2.24) is 9.97 Å². The van der Waals surface area contributed by atoms with Gasteiger partial charge in [0.1, 0.15) is 6.33 Å². The number of hydrogen-bond acceptors (Lipinski definition) is 3. The molecule has 1 aliphatic carbocycles. The first-order chi connectivity index (χ1) is 18.6. The number of benzene rings is 2. The Kier molecular flexibility index (Phi) is 9.06. The van der Waals surface area contributed by atoms with E-state index >= 15 is 0 Å². The summed E-state index contributed by atoms with van der Waals surface area (Å²) >= 11 is 0. The molecular formula is C32H34F3N3O. The van der Waals surface area contributed by atoms with Crippen LogP contribution in [0.5, 0.6) is 0 Å². The third kappa shape index (κ3) is 7.47. The van der Waals surface area contributed by atoms with Gasteiger partial charge in [-0.25, -0.2) is 9.97 Å². The van der Waals surface area contributed by atoms with Gasteiger partial charge in [-0.15, -0.1) is 0 Å². The second-order valence-electron chi connectivity index (χ2n) is 10.5. The van der Waals surface area contributed by atoms with E-state index in [1.807, 2.05) is 13.8 Å². The quantitative estimate of drug-likeness (QED) is 0.328. The molecule has 1 aromatic heterocycles. The second kappa shape index (κ2) is 12.5. The van der Waals surface area contributed by atoms with Crippen LogP contribution in [0.3, 0.4) is 0 Å². The minimum atomic E-state index is -4.50. The number of rotatable bonds is 6. The zero-order valence-electron chi connectivity index (χ0n) is 22.7. The number of nitrogens with one attached hydrogen (secondary N) is 1. The first-order valence-electron chi connectivity index (χ1n) is 13.5. The predicted octanol–water partition coefficient (Wildman–Crippen LogP) is 7.91. The molecule has 0 saturated heterocycles. The van der Waals surface area contributed by atoms with E-state index in [1.165, 1.54) is 31.7 Å². The van der Waals surface area contributed by atoms with Crippen molar-refractivity contribution >= 4 is 11.6 Å². The van der Waals surface area contributed by atoms with E-state index in [-0.39, 0.29) is 11.3 Å². The Morgan fingerprint density at radius 3 is 2.41 bits per heavy atom. The van der Waals surface area contributed by atoms with Crippen molar-refractivity contribution in [3.05, 3.63) is 88.0 Å². The Labute approximate surface area is 228 Å². The Bertz CT molecular complexity index is 1380. The summed E-state index contributed by atoms with van der Waals surface area (Å²) in [6.45, 7) is 5.92. The van der Waals surface area contributed by atoms with Crippen LogP contribution < -0.4 is 5.32 Å². The van der Waals surface area contributed by atoms with Crippen LogP contribution in [0.15, 0.2) is 48.9 Å². The number of aromatic nitrogens is 2. The standard InChI is InChI=1S/C32H34F3N3O/c1-4-23-6-8-24(9-7-23)10-12-25-15-16-29(18-30(25)32(33,34)35)38-31(39)27-11-5-21(2)26(17-27)13-14-28-19-36-20-37-22(28)3/h5,11,15-20,23-24H,4,6-10,12H2,1-3H3,(H,38,39). The van der Waals surface area contributed by atoms with Crippen LogP contribution in [0.2, 0.25) is 0 Å². The fourth-order valence-corrected chi connectivity index (χ4v) is 5.17. The first-order valence-corrected chi connectivity index (χ1v) is 13.5. The third-order valence-corrected chi connectivity index (χ3v) is 7.78. The molecule has 1 amide bonds. The average Bonchev–Trinajstić information content (AvgIpc) is 2.92. The molecule has 1 fully saturated rings. The summed E-state index contributed by atoms with van der Waals surface area (Å²) in [6, 6.07) is 9.16. The smallest absolute Gasteiger partial charge is 0.322 e. The maximum absolute atomic E-state index is 14.0. The number of carbonyl (C=O) groups excluding carboxylic acids is 1. The zero-order valence-corrected chi connectivity index (χ0v) is 22.7. The molecule has 0 spiro atoms. The molecule has 0 radical (unpaired) electrons. The Hall–Kier alpha value is -3.66. The number of carbonyl (C=O) groups is 1. The summed E-state index contributed by atoms with van der Waals surface area (Å²) in [4.78, 5) is 21.1. The topological polar surface area (TPSA) is 54.9 Å². The van der Waals surface area contributed by atoms with Gasteiger partial charge in [-0.3, -0.25) is 4.79 Å². The van der Waals surface area contributed by atoms with Gasteiger partial charge in [-0.1, -0.05) is 63.0 Å². The molecule has 4 nitrogen and oxygen atoms in total. The van der Waals surface area contributed by atoms with Crippen LogP contribution >= 0.6 is 0 Å². The summed E-state index contributed by atoms with van der Waals surface area (Å²) < 4.78 is 41.9. The van der Waals surface area contributed by atoms with E-state index in [0.29, 0.717) is 29.0 Å². The molecule has 1 heterocycles. The molecular weight excluding hydrogens is 499 g/mol. The van der Waals surface area contributed by atoms with Gasteiger partial charge < -0.3 is 5.32 Å². The molecule has 1 N–H and O–H groups in total. The van der Waals surface area contributed by atoms with E-state index < -0.39 is 17.6 Å². The fourth-order valence-electron chi connectivity index (χ4n) is 5.17. The highest BCUT2D eigenvalue weighted by molar-refractivity contribution is 6.04. The lowest BCUT2D eigenvalue weighted by atomic mass is 9.78. The number of nitrogens with zero attached hydrogens (tertiary/aromatic N) is 2. The van der Waals surface area contributed by atoms with E-state index in [1.54, 1.807) is 30.5 Å². The lowest BCUT2D eigenvalue weighted by Gasteiger charge is -2.28. The Morgan fingerprint density at radius 2 is 1.72 bits per heavy atom. The number of aryl methyl sites for hydroxylation is 3. The van der Waals surface area contributed by atoms with Crippen LogP contribution in [0.25, 0.3) is 0 Å². The van der Waals surface area contributed by atoms with Crippen LogP contribution in [0.1, 0.15) is 89.3 Å². The molecule has 7 heteroatoms. The van der Waals surface area contributed by atoms with E-state index in [2.05, 4.69) is 34.0 Å². The van der Waals surface area contributed by atoms with Crippen molar-refractivity contribution in [2.75, 3.05) is 5.32 Å². The Balaban J connectivity index is 1.48. The molecule has 2 aromatic carbocycles. The molecule has 0 aliphatic heterocycles. The van der Waals surface area contributed by atoms with Gasteiger partial charge in [-0.05, 0) is 73.9 Å². The summed E-state index contributed by atoms with van der Waals surface area (Å²) in [5.74, 6) is 6.82. The van der Waals surface area contributed by atoms with Crippen molar-refractivity contribution in [3.63, 3.8) is 0 Å². The summed E-state index contributed by atoms with van der Waals surface area (Å²) in [5.41, 5.74) is 2.98. The van der Waals surface area contributed by atoms with Gasteiger partial charge in [0.15, 0.2) is 0 Å². The summed E-state index contributed by atoms with van der Waals surface area (Å²) in [7, 11) is 0. The zero-order chi connectivity index (χ0) is 28.0. The molecule has 1 aliphatic rings. The van der Waals surface area contributed by atoms with E-state index in [9.17, 15) is 18.0 Å². The molecule has 204 valence electrons. The number of halogens is 3. The first kappa shape index (κ1) is 28.4. The maximum atomic E-state index is 14.0. The number of hydrogen-bond donors (Lipinski definition) is 1. The monoisotopic (exact) mass is 533 g/mol. The van der Waals surface area contributed by atoms with E-state index in [4.69, 9.17) is 0 Å². The summed E-state index contributed by atoms with van der Waals surface area (Å²) in [5, 5.41) is 2.64. The predicted molar refractivity (Wildman–Crippen MR) is 147 cm³/mol. The van der Waals surface area contributed by atoms with Gasteiger partial charge in [-0.2, -0.15) is 13.2 Å². The third-order valence-electron chi connectivity index (χ3n) is 7.78. The van der Waals surface area contributed by atoms with Gasteiger partial charge in [0.25, 0.3) is 5.91 Å². The Morgan fingerprint density at radius 1 is 1.00 bits per heavy atom. The maximum Gasteiger partial charge on any atom is 0.416 e. The highest BCUT2D eigenvalue weighted by Crippen LogP contribution is 2.37. The highest BCUT2D eigenvalue weighted by atomic mass is 19.4. The molecule has 0 bridgehead atoms. The van der Waals surface area contributed by atoms with Gasteiger partial charge in [0, 0.05) is 23.0 Å². The van der Waals surface area contributed by atoms with Crippen molar-refractivity contribution in [2.24, 2.45) is 11.8 Å². The number of alkyl halides is 3. The molecule has 39 heavy (non-hydrogen) atoms. The van der Waals surface area contributed by atoms with Gasteiger partial charge in [0.05, 0.1) is 16.8 Å². The van der Waals surface area contributed by atoms with Crippen LogP contribution in [-0.4, -0.2) is 15.9 Å². The van der Waals surface area contributed by atoms with Crippen molar-refractivity contribution < 1.29 is 18.0 Å². The minimum Gasteiger partial charge on any atom is -0.322 e. The lowest BCUT2D eigenvalue weighted by molar-refractivity contribution is -0.138. The van der Waals surface area contributed by atoms with Gasteiger partial charge >= 0.3 is 6.18 Å². The number of amides is 1. The average molecular weight is 534 g/mol. The van der Waals surface area contributed by atoms with Crippen LogP contribution in [0.4, 0.5) is 18.9 Å². The largest absolute Gasteiger partial charge is 0.416 e. The minimum absolute atomic E-state index is 0.116. The van der Waals surface area contributed by atoms with E-state index in [0.717, 1.165) is 42.5 Å². The van der Waals surface area contributed by atoms with Gasteiger partial charge in [0.2, 0.25) is 0 Å². The second-order valence-corrected chi connectivity index (χ2v) is 10.5. The van der Waals surface area contributed by atoms with Crippen molar-refractivity contribution in [1.29, 1.82) is 0 Å². The van der Waals surface area contributed by atoms with Crippen LogP contribution in [0, 0.1) is 37.5 Å². The SMILES string of the molecule is CCC1CCC(CCc2ccc(NC(=O)c3ccc(C)c(C#Cc4cncnc4C)c3)cc2C(F)(F)F)CC1. The summed E-state index contributed by atoms with van der Waals surface area (Å²) in [6.07, 6.45) is 5.43. The molecule has 0 atom stereocenters. The number of anilines is 1. The lowest BCUT2D eigenvalue weighted by Crippen LogP contribution is -2.17. The highest BCUT2D eigenvalue weighted by Gasteiger charge is 2.34. The molecule has 1 saturated carbocycles. The molecule has 3 aromatic rings. The van der Waals surface area contributed by atoms with Crippen molar-refractivity contribution in [2.45, 2.75) is 71.9 Å². The molecule has 0 unspecified atom stereocenters. The van der Waals surface area contributed by atoms with Crippen LogP contribution in [-0.2, 0) is 12.6 Å². The molecule has 4 rings (SSSR count). The fraction of sp³-hybridized carbons (Fsp3) is 0.406. The van der Waals surface area contributed by atoms with Crippen molar-refractivity contribution in [3.8, 4) is 11.8 Å². The normalized spacial score (nSPS) is 17.3.